The Bertz CT molecular complexity index is 826. The van der Waals surface area contributed by atoms with Gasteiger partial charge in [-0.25, -0.2) is 0 Å². The molecule has 0 radical (unpaired) electrons. The molecule has 0 aliphatic carbocycles. The predicted molar refractivity (Wildman–Crippen MR) is 126 cm³/mol. The van der Waals surface area contributed by atoms with Crippen LogP contribution in [0.15, 0.2) is 53.4 Å². The summed E-state index contributed by atoms with van der Waals surface area (Å²) in [5, 5.41) is 3.91. The quantitative estimate of drug-likeness (QED) is 0.459. The number of hydrogen-bond donors (Lipinski definition) is 1. The Morgan fingerprint density at radius 3 is 2.23 bits per heavy atom. The molecule has 1 N–H and O–H groups in total. The largest absolute Gasteiger partial charge is 0.354 e. The van der Waals surface area contributed by atoms with E-state index in [4.69, 9.17) is 23.2 Å². The lowest BCUT2D eigenvalue weighted by Crippen LogP contribution is -2.50. The van der Waals surface area contributed by atoms with Crippen molar-refractivity contribution in [2.75, 3.05) is 12.3 Å². The molecule has 0 saturated heterocycles. The third-order valence-corrected chi connectivity index (χ3v) is 6.27. The molecule has 0 spiro atoms. The SMILES string of the molecule is CCC(C(=O)NCC(C)C)N(Cc1c(Cl)cccc1Cl)C(=O)CSc1ccccc1. The second-order valence-corrected chi connectivity index (χ2v) is 9.25. The number of carbonyl (C=O) groups excluding carboxylic acids is 2. The minimum atomic E-state index is -0.597. The van der Waals surface area contributed by atoms with E-state index >= 15 is 0 Å². The maximum Gasteiger partial charge on any atom is 0.242 e. The van der Waals surface area contributed by atoms with Crippen molar-refractivity contribution in [2.24, 2.45) is 5.92 Å². The van der Waals surface area contributed by atoms with Crippen LogP contribution in [0.5, 0.6) is 0 Å². The van der Waals surface area contributed by atoms with E-state index in [9.17, 15) is 9.59 Å². The van der Waals surface area contributed by atoms with Gasteiger partial charge in [-0.05, 0) is 36.6 Å². The van der Waals surface area contributed by atoms with Gasteiger partial charge in [-0.1, -0.05) is 68.2 Å². The van der Waals surface area contributed by atoms with Gasteiger partial charge in [0.25, 0.3) is 0 Å². The first kappa shape index (κ1) is 24.6. The third-order valence-electron chi connectivity index (χ3n) is 4.57. The Morgan fingerprint density at radius 1 is 1.03 bits per heavy atom. The summed E-state index contributed by atoms with van der Waals surface area (Å²) in [5.74, 6) is 0.251. The molecular weight excluding hydrogens is 439 g/mol. The van der Waals surface area contributed by atoms with E-state index in [1.165, 1.54) is 11.8 Å². The van der Waals surface area contributed by atoms with Crippen molar-refractivity contribution >= 4 is 46.8 Å². The van der Waals surface area contributed by atoms with Gasteiger partial charge in [0, 0.05) is 33.6 Å². The van der Waals surface area contributed by atoms with Crippen LogP contribution in [0.2, 0.25) is 10.0 Å². The maximum absolute atomic E-state index is 13.2. The van der Waals surface area contributed by atoms with Crippen LogP contribution in [-0.2, 0) is 16.1 Å². The Hall–Kier alpha value is -1.69. The minimum absolute atomic E-state index is 0.133. The Labute approximate surface area is 193 Å². The number of carbonyl (C=O) groups is 2. The molecule has 0 saturated carbocycles. The molecule has 2 amide bonds. The monoisotopic (exact) mass is 466 g/mol. The van der Waals surface area contributed by atoms with E-state index in [-0.39, 0.29) is 24.1 Å². The van der Waals surface area contributed by atoms with E-state index in [1.54, 1.807) is 23.1 Å². The molecule has 1 atom stereocenters. The highest BCUT2D eigenvalue weighted by Gasteiger charge is 2.29. The van der Waals surface area contributed by atoms with Crippen LogP contribution in [0.1, 0.15) is 32.8 Å². The highest BCUT2D eigenvalue weighted by molar-refractivity contribution is 8.00. The standard InChI is InChI=1S/C23H28Cl2N2O2S/c1-4-21(23(29)26-13-16(2)3)27(14-18-19(24)11-8-12-20(18)25)22(28)15-30-17-9-6-5-7-10-17/h5-12,16,21H,4,13-15H2,1-3H3,(H,26,29). The van der Waals surface area contributed by atoms with Gasteiger partial charge in [0.2, 0.25) is 11.8 Å². The zero-order valence-electron chi connectivity index (χ0n) is 17.5. The Morgan fingerprint density at radius 2 is 1.67 bits per heavy atom. The van der Waals surface area contributed by atoms with Gasteiger partial charge in [0.1, 0.15) is 6.04 Å². The lowest BCUT2D eigenvalue weighted by atomic mass is 10.1. The first-order valence-electron chi connectivity index (χ1n) is 10.0. The third kappa shape index (κ3) is 7.22. The lowest BCUT2D eigenvalue weighted by Gasteiger charge is -2.31. The van der Waals surface area contributed by atoms with Crippen LogP contribution in [0, 0.1) is 5.92 Å². The van der Waals surface area contributed by atoms with Crippen LogP contribution in [0.25, 0.3) is 0 Å². The maximum atomic E-state index is 13.2. The molecule has 0 heterocycles. The highest BCUT2D eigenvalue weighted by Crippen LogP contribution is 2.28. The summed E-state index contributed by atoms with van der Waals surface area (Å²) in [6.45, 7) is 6.70. The van der Waals surface area contributed by atoms with Gasteiger partial charge >= 0.3 is 0 Å². The summed E-state index contributed by atoms with van der Waals surface area (Å²) in [5.41, 5.74) is 0.647. The molecule has 0 fully saturated rings. The molecule has 162 valence electrons. The van der Waals surface area contributed by atoms with E-state index in [0.29, 0.717) is 34.5 Å². The second kappa shape index (κ2) is 12.2. The van der Waals surface area contributed by atoms with Crippen molar-refractivity contribution in [3.63, 3.8) is 0 Å². The summed E-state index contributed by atoms with van der Waals surface area (Å²) in [4.78, 5) is 28.7. The second-order valence-electron chi connectivity index (χ2n) is 7.39. The van der Waals surface area contributed by atoms with Crippen molar-refractivity contribution in [3.05, 3.63) is 64.1 Å². The van der Waals surface area contributed by atoms with Crippen LogP contribution >= 0.6 is 35.0 Å². The molecule has 0 aliphatic rings. The summed E-state index contributed by atoms with van der Waals surface area (Å²) in [7, 11) is 0. The molecule has 7 heteroatoms. The number of nitrogens with one attached hydrogen (secondary N) is 1. The van der Waals surface area contributed by atoms with Gasteiger partial charge in [0.05, 0.1) is 5.75 Å². The zero-order valence-corrected chi connectivity index (χ0v) is 19.9. The number of amides is 2. The number of benzene rings is 2. The Kier molecular flexibility index (Phi) is 10.0. The van der Waals surface area contributed by atoms with Crippen molar-refractivity contribution < 1.29 is 9.59 Å². The number of rotatable bonds is 10. The summed E-state index contributed by atoms with van der Waals surface area (Å²) in [6, 6.07) is 14.4. The van der Waals surface area contributed by atoms with Crippen molar-refractivity contribution in [2.45, 2.75) is 44.7 Å². The van der Waals surface area contributed by atoms with E-state index < -0.39 is 6.04 Å². The predicted octanol–water partition coefficient (Wildman–Crippen LogP) is 5.67. The molecule has 0 aliphatic heterocycles. The number of hydrogen-bond acceptors (Lipinski definition) is 3. The van der Waals surface area contributed by atoms with E-state index in [1.807, 2.05) is 51.1 Å². The number of thioether (sulfide) groups is 1. The number of halogens is 2. The molecule has 4 nitrogen and oxygen atoms in total. The van der Waals surface area contributed by atoms with Crippen LogP contribution in [-0.4, -0.2) is 35.1 Å². The fourth-order valence-electron chi connectivity index (χ4n) is 2.94. The fraction of sp³-hybridized carbons (Fsp3) is 0.391. The van der Waals surface area contributed by atoms with Gasteiger partial charge in [-0.2, -0.15) is 0 Å². The highest BCUT2D eigenvalue weighted by atomic mass is 35.5. The topological polar surface area (TPSA) is 49.4 Å². The van der Waals surface area contributed by atoms with Crippen LogP contribution in [0.3, 0.4) is 0 Å². The molecule has 30 heavy (non-hydrogen) atoms. The summed E-state index contributed by atoms with van der Waals surface area (Å²) in [6.07, 6.45) is 0.494. The molecule has 2 aromatic rings. The van der Waals surface area contributed by atoms with Crippen molar-refractivity contribution in [1.29, 1.82) is 0 Å². The average Bonchev–Trinajstić information content (AvgIpc) is 2.73. The van der Waals surface area contributed by atoms with E-state index in [2.05, 4.69) is 5.32 Å². The molecule has 2 rings (SSSR count). The van der Waals surface area contributed by atoms with Gasteiger partial charge in [-0.15, -0.1) is 11.8 Å². The van der Waals surface area contributed by atoms with Gasteiger partial charge in [0.15, 0.2) is 0 Å². The average molecular weight is 467 g/mol. The van der Waals surface area contributed by atoms with Crippen LogP contribution < -0.4 is 5.32 Å². The van der Waals surface area contributed by atoms with Gasteiger partial charge in [-0.3, -0.25) is 9.59 Å². The fourth-order valence-corrected chi connectivity index (χ4v) is 4.26. The first-order valence-corrected chi connectivity index (χ1v) is 11.8. The summed E-state index contributed by atoms with van der Waals surface area (Å²) >= 11 is 14.2. The molecule has 1 unspecified atom stereocenters. The lowest BCUT2D eigenvalue weighted by molar-refractivity contribution is -0.139. The van der Waals surface area contributed by atoms with Crippen molar-refractivity contribution in [1.82, 2.24) is 10.2 Å². The normalized spacial score (nSPS) is 11.9. The zero-order chi connectivity index (χ0) is 22.1. The van der Waals surface area contributed by atoms with Gasteiger partial charge < -0.3 is 10.2 Å². The molecule has 2 aromatic carbocycles. The van der Waals surface area contributed by atoms with Crippen molar-refractivity contribution in [3.8, 4) is 0 Å². The first-order chi connectivity index (χ1) is 14.3. The number of nitrogens with zero attached hydrogens (tertiary/aromatic N) is 1. The summed E-state index contributed by atoms with van der Waals surface area (Å²) < 4.78 is 0. The van der Waals surface area contributed by atoms with E-state index in [0.717, 1.165) is 4.90 Å². The molecule has 0 bridgehead atoms. The Balaban J connectivity index is 2.25. The molecule has 0 aromatic heterocycles. The molecular formula is C23H28Cl2N2O2S. The smallest absolute Gasteiger partial charge is 0.242 e. The van der Waals surface area contributed by atoms with Crippen LogP contribution in [0.4, 0.5) is 0 Å². The minimum Gasteiger partial charge on any atom is -0.354 e.